The zero-order valence-corrected chi connectivity index (χ0v) is 15.9. The van der Waals surface area contributed by atoms with Crippen LogP contribution < -0.4 is 14.8 Å². The molecule has 2 aliphatic heterocycles. The van der Waals surface area contributed by atoms with Crippen molar-refractivity contribution < 1.29 is 14.3 Å². The Kier molecular flexibility index (Phi) is 7.38. The third-order valence-corrected chi connectivity index (χ3v) is 4.76. The van der Waals surface area contributed by atoms with Gasteiger partial charge in [0.15, 0.2) is 11.5 Å². The Morgan fingerprint density at radius 2 is 1.96 bits per heavy atom. The third kappa shape index (κ3) is 4.79. The Bertz CT molecular complexity index is 582. The van der Waals surface area contributed by atoms with E-state index in [1.165, 1.54) is 12.8 Å². The zero-order valence-electron chi connectivity index (χ0n) is 15.1. The normalized spacial score (nSPS) is 22.1. The number of hydrogen-bond acceptors (Lipinski definition) is 4. The lowest BCUT2D eigenvalue weighted by Crippen LogP contribution is -2.39. The maximum absolute atomic E-state index is 12.9. The number of benzene rings is 1. The van der Waals surface area contributed by atoms with E-state index in [1.807, 2.05) is 30.0 Å². The van der Waals surface area contributed by atoms with Gasteiger partial charge < -0.3 is 19.7 Å². The van der Waals surface area contributed by atoms with E-state index in [0.29, 0.717) is 42.4 Å². The molecule has 2 atom stereocenters. The smallest absolute Gasteiger partial charge is 0.254 e. The summed E-state index contributed by atoms with van der Waals surface area (Å²) in [6.45, 7) is 6.83. The molecule has 2 unspecified atom stereocenters. The highest BCUT2D eigenvalue weighted by Crippen LogP contribution is 2.30. The van der Waals surface area contributed by atoms with Crippen molar-refractivity contribution in [3.63, 3.8) is 0 Å². The van der Waals surface area contributed by atoms with Crippen LogP contribution in [0.4, 0.5) is 0 Å². The van der Waals surface area contributed by atoms with Gasteiger partial charge >= 0.3 is 0 Å². The first-order valence-electron chi connectivity index (χ1n) is 9.16. The molecule has 0 saturated carbocycles. The van der Waals surface area contributed by atoms with Crippen LogP contribution in [0.5, 0.6) is 11.5 Å². The van der Waals surface area contributed by atoms with Gasteiger partial charge in [0.05, 0.1) is 13.2 Å². The van der Waals surface area contributed by atoms with Crippen LogP contribution in [0.1, 0.15) is 49.9 Å². The van der Waals surface area contributed by atoms with Crippen molar-refractivity contribution in [3.05, 3.63) is 23.8 Å². The summed E-state index contributed by atoms with van der Waals surface area (Å²) in [4.78, 5) is 14.9. The maximum Gasteiger partial charge on any atom is 0.254 e. The van der Waals surface area contributed by atoms with Crippen molar-refractivity contribution in [2.24, 2.45) is 0 Å². The molecule has 0 radical (unpaired) electrons. The highest BCUT2D eigenvalue weighted by molar-refractivity contribution is 5.95. The van der Waals surface area contributed by atoms with E-state index < -0.39 is 0 Å². The fraction of sp³-hybridized carbons (Fsp3) is 0.632. The first-order chi connectivity index (χ1) is 11.7. The second-order valence-electron chi connectivity index (χ2n) is 6.62. The van der Waals surface area contributed by atoms with Gasteiger partial charge in [-0.15, -0.1) is 12.4 Å². The van der Waals surface area contributed by atoms with Crippen molar-refractivity contribution in [3.8, 4) is 11.5 Å². The van der Waals surface area contributed by atoms with Gasteiger partial charge in [0.2, 0.25) is 0 Å². The van der Waals surface area contributed by atoms with Gasteiger partial charge in [-0.3, -0.25) is 4.79 Å². The highest BCUT2D eigenvalue weighted by atomic mass is 35.5. The molecule has 2 heterocycles. The van der Waals surface area contributed by atoms with Crippen molar-refractivity contribution in [2.45, 2.75) is 51.6 Å². The summed E-state index contributed by atoms with van der Waals surface area (Å²) in [6.07, 6.45) is 4.39. The quantitative estimate of drug-likeness (QED) is 0.837. The van der Waals surface area contributed by atoms with Crippen LogP contribution in [0.25, 0.3) is 0 Å². The van der Waals surface area contributed by atoms with E-state index in [9.17, 15) is 4.79 Å². The molecule has 2 saturated heterocycles. The highest BCUT2D eigenvalue weighted by Gasteiger charge is 2.31. The van der Waals surface area contributed by atoms with Crippen LogP contribution in [0, 0.1) is 0 Å². The van der Waals surface area contributed by atoms with Gasteiger partial charge in [0.25, 0.3) is 5.91 Å². The van der Waals surface area contributed by atoms with Crippen LogP contribution in [-0.2, 0) is 0 Å². The van der Waals surface area contributed by atoms with Gasteiger partial charge in [0.1, 0.15) is 0 Å². The van der Waals surface area contributed by atoms with Crippen molar-refractivity contribution in [2.75, 3.05) is 26.3 Å². The Morgan fingerprint density at radius 1 is 1.16 bits per heavy atom. The Hall–Kier alpha value is -1.46. The molecular weight excluding hydrogens is 340 g/mol. The molecule has 2 aliphatic rings. The number of nitrogens with one attached hydrogen (secondary N) is 1. The second-order valence-corrected chi connectivity index (χ2v) is 6.62. The summed E-state index contributed by atoms with van der Waals surface area (Å²) in [6, 6.07) is 6.56. The molecule has 140 valence electrons. The molecule has 3 rings (SSSR count). The number of fused-ring (bicyclic) bond motifs is 2. The summed E-state index contributed by atoms with van der Waals surface area (Å²) < 4.78 is 11.4. The van der Waals surface area contributed by atoms with Crippen LogP contribution in [0.15, 0.2) is 18.2 Å². The first-order valence-corrected chi connectivity index (χ1v) is 9.16. The van der Waals surface area contributed by atoms with Crippen molar-refractivity contribution >= 4 is 18.3 Å². The van der Waals surface area contributed by atoms with E-state index in [4.69, 9.17) is 9.47 Å². The fourth-order valence-corrected chi connectivity index (χ4v) is 3.55. The van der Waals surface area contributed by atoms with E-state index in [-0.39, 0.29) is 18.3 Å². The number of carbonyl (C=O) groups is 1. The number of hydrogen-bond donors (Lipinski definition) is 1. The minimum absolute atomic E-state index is 0. The van der Waals surface area contributed by atoms with Crippen molar-refractivity contribution in [1.82, 2.24) is 10.2 Å². The summed E-state index contributed by atoms with van der Waals surface area (Å²) in [7, 11) is 0. The molecule has 0 aromatic heterocycles. The molecule has 6 heteroatoms. The Balaban J connectivity index is 0.00000225. The van der Waals surface area contributed by atoms with Gasteiger partial charge in [0, 0.05) is 30.7 Å². The predicted molar refractivity (Wildman–Crippen MR) is 101 cm³/mol. The second kappa shape index (κ2) is 9.30. The van der Waals surface area contributed by atoms with E-state index >= 15 is 0 Å². The molecule has 25 heavy (non-hydrogen) atoms. The average Bonchev–Trinajstić information content (AvgIpc) is 2.92. The number of nitrogens with zero attached hydrogens (tertiary/aromatic N) is 1. The van der Waals surface area contributed by atoms with Gasteiger partial charge in [-0.2, -0.15) is 0 Å². The molecule has 2 bridgehead atoms. The summed E-state index contributed by atoms with van der Waals surface area (Å²) in [5.41, 5.74) is 0.681. The van der Waals surface area contributed by atoms with Gasteiger partial charge in [-0.25, -0.2) is 0 Å². The first kappa shape index (κ1) is 19.9. The largest absolute Gasteiger partial charge is 0.490 e. The zero-order chi connectivity index (χ0) is 16.9. The molecule has 1 amide bonds. The number of ether oxygens (including phenoxy) is 2. The molecule has 1 aromatic carbocycles. The molecule has 5 nitrogen and oxygen atoms in total. The van der Waals surface area contributed by atoms with Gasteiger partial charge in [-0.05, 0) is 50.8 Å². The third-order valence-electron chi connectivity index (χ3n) is 4.76. The van der Waals surface area contributed by atoms with E-state index in [2.05, 4.69) is 12.2 Å². The SMILES string of the molecule is CCCOc1ccc(C(=O)N2CCC3CCC(C2)N3)cc1OCC.Cl. The predicted octanol–water partition coefficient (Wildman–Crippen LogP) is 3.26. The van der Waals surface area contributed by atoms with Crippen LogP contribution in [0.2, 0.25) is 0 Å². The van der Waals surface area contributed by atoms with Crippen molar-refractivity contribution in [1.29, 1.82) is 0 Å². The van der Waals surface area contributed by atoms with E-state index in [1.54, 1.807) is 0 Å². The average molecular weight is 369 g/mol. The van der Waals surface area contributed by atoms with Gasteiger partial charge in [-0.1, -0.05) is 6.92 Å². The van der Waals surface area contributed by atoms with Crippen LogP contribution in [0.3, 0.4) is 0 Å². The molecular formula is C19H29ClN2O3. The molecule has 0 aliphatic carbocycles. The Morgan fingerprint density at radius 3 is 2.72 bits per heavy atom. The summed E-state index contributed by atoms with van der Waals surface area (Å²) in [5.74, 6) is 1.46. The topological polar surface area (TPSA) is 50.8 Å². The fourth-order valence-electron chi connectivity index (χ4n) is 3.55. The number of amides is 1. The lowest BCUT2D eigenvalue weighted by molar-refractivity contribution is 0.0747. The lowest BCUT2D eigenvalue weighted by atomic mass is 10.1. The minimum Gasteiger partial charge on any atom is -0.490 e. The molecule has 2 fully saturated rings. The summed E-state index contributed by atoms with van der Waals surface area (Å²) in [5, 5.41) is 3.61. The number of rotatable bonds is 6. The number of likely N-dealkylation sites (tertiary alicyclic amines) is 1. The van der Waals surface area contributed by atoms with E-state index in [0.717, 1.165) is 25.9 Å². The molecule has 1 N–H and O–H groups in total. The number of carbonyl (C=O) groups excluding carboxylic acids is 1. The lowest BCUT2D eigenvalue weighted by Gasteiger charge is -2.24. The molecule has 0 spiro atoms. The monoisotopic (exact) mass is 368 g/mol. The number of halogens is 1. The van der Waals surface area contributed by atoms with Crippen LogP contribution >= 0.6 is 12.4 Å². The van der Waals surface area contributed by atoms with Crippen LogP contribution in [-0.4, -0.2) is 49.2 Å². The Labute approximate surface area is 156 Å². The summed E-state index contributed by atoms with van der Waals surface area (Å²) >= 11 is 0. The standard InChI is InChI=1S/C19H28N2O3.ClH/c1-3-11-24-17-8-5-14(12-18(17)23-4-2)19(22)21-10-9-15-6-7-16(13-21)20-15;/h5,8,12,15-16,20H,3-4,6-7,9-11,13H2,1-2H3;1H. The maximum atomic E-state index is 12.9. The minimum atomic E-state index is 0. The molecule has 1 aromatic rings.